The topological polar surface area (TPSA) is 66.8 Å². The highest BCUT2D eigenvalue weighted by atomic mass is 35.5. The minimum Gasteiger partial charge on any atom is -0.469 e. The van der Waals surface area contributed by atoms with Crippen LogP contribution in [0.1, 0.15) is 43.7 Å². The van der Waals surface area contributed by atoms with E-state index in [1.165, 1.54) is 7.11 Å². The summed E-state index contributed by atoms with van der Waals surface area (Å²) in [5, 5.41) is 10.6. The van der Waals surface area contributed by atoms with Crippen molar-refractivity contribution in [3.63, 3.8) is 0 Å². The Morgan fingerprint density at radius 3 is 2.52 bits per heavy atom. The van der Waals surface area contributed by atoms with Crippen LogP contribution in [0.5, 0.6) is 0 Å². The fraction of sp³-hybridized carbons (Fsp3) is 0.579. The molecule has 5 nitrogen and oxygen atoms in total. The molecule has 2 fully saturated rings. The molecule has 136 valence electrons. The first-order valence-electron chi connectivity index (χ1n) is 8.80. The Bertz CT molecular complexity index is 629. The van der Waals surface area contributed by atoms with Gasteiger partial charge in [-0.25, -0.2) is 0 Å². The summed E-state index contributed by atoms with van der Waals surface area (Å²) in [6.45, 7) is -0.0502. The van der Waals surface area contributed by atoms with Crippen LogP contribution in [0.4, 0.5) is 0 Å². The van der Waals surface area contributed by atoms with Crippen LogP contribution in [0.3, 0.4) is 0 Å². The smallest absolute Gasteiger partial charge is 0.306 e. The zero-order chi connectivity index (χ0) is 18.0. The molecular formula is C19H24ClNO4. The number of aliphatic hydroxyl groups is 1. The van der Waals surface area contributed by atoms with Crippen molar-refractivity contribution in [1.29, 1.82) is 0 Å². The number of methoxy groups -OCH3 is 1. The lowest BCUT2D eigenvalue weighted by Gasteiger charge is -2.44. The first-order chi connectivity index (χ1) is 12.0. The maximum Gasteiger partial charge on any atom is 0.306 e. The van der Waals surface area contributed by atoms with E-state index in [-0.39, 0.29) is 42.9 Å². The average molecular weight is 366 g/mol. The summed E-state index contributed by atoms with van der Waals surface area (Å²) in [4.78, 5) is 26.6. The third-order valence-electron chi connectivity index (χ3n) is 5.33. The van der Waals surface area contributed by atoms with Crippen LogP contribution in [-0.4, -0.2) is 41.6 Å². The molecule has 25 heavy (non-hydrogen) atoms. The van der Waals surface area contributed by atoms with Crippen molar-refractivity contribution in [1.82, 2.24) is 4.90 Å². The maximum absolute atomic E-state index is 13.1. The lowest BCUT2D eigenvalue weighted by molar-refractivity contribution is -0.153. The Morgan fingerprint density at radius 1 is 1.28 bits per heavy atom. The number of esters is 1. The standard InChI is InChI=1S/C19H24ClNO4/c1-25-18(23)10-14-6-9-16(12-4-7-15(20)8-5-12)21(19(14)24)17(11-22)13-2-3-13/h4-5,7-8,13-14,16-17,22H,2-3,6,9-11H2,1H3/t14-,16?,17?/m1/s1. The summed E-state index contributed by atoms with van der Waals surface area (Å²) < 4.78 is 4.73. The first-order valence-corrected chi connectivity index (χ1v) is 9.18. The highest BCUT2D eigenvalue weighted by molar-refractivity contribution is 6.30. The van der Waals surface area contributed by atoms with Crippen LogP contribution in [0.15, 0.2) is 24.3 Å². The van der Waals surface area contributed by atoms with E-state index in [4.69, 9.17) is 16.3 Å². The number of carbonyl (C=O) groups excluding carboxylic acids is 2. The summed E-state index contributed by atoms with van der Waals surface area (Å²) in [6, 6.07) is 7.26. The molecule has 0 radical (unpaired) electrons. The SMILES string of the molecule is COC(=O)C[C@H]1CCC(c2ccc(Cl)cc2)N(C(CO)C2CC2)C1=O. The molecule has 3 rings (SSSR count). The highest BCUT2D eigenvalue weighted by Crippen LogP contribution is 2.43. The lowest BCUT2D eigenvalue weighted by Crippen LogP contribution is -2.51. The minimum absolute atomic E-state index is 0.0502. The molecule has 1 N–H and O–H groups in total. The number of amides is 1. The number of halogens is 1. The van der Waals surface area contributed by atoms with Gasteiger partial charge in [0.2, 0.25) is 5.91 Å². The zero-order valence-corrected chi connectivity index (χ0v) is 15.1. The van der Waals surface area contributed by atoms with Crippen molar-refractivity contribution in [2.45, 2.75) is 44.2 Å². The van der Waals surface area contributed by atoms with Gasteiger partial charge in [0, 0.05) is 10.9 Å². The molecule has 0 spiro atoms. The Morgan fingerprint density at radius 2 is 1.96 bits per heavy atom. The molecule has 3 atom stereocenters. The quantitative estimate of drug-likeness (QED) is 0.787. The molecule has 0 bridgehead atoms. The maximum atomic E-state index is 13.1. The number of ether oxygens (including phenoxy) is 1. The summed E-state index contributed by atoms with van der Waals surface area (Å²) >= 11 is 5.99. The van der Waals surface area contributed by atoms with E-state index in [2.05, 4.69) is 0 Å². The average Bonchev–Trinajstić information content (AvgIpc) is 3.44. The normalized spacial score (nSPS) is 24.9. The number of hydrogen-bond acceptors (Lipinski definition) is 4. The van der Waals surface area contributed by atoms with Crippen molar-refractivity contribution in [2.75, 3.05) is 13.7 Å². The van der Waals surface area contributed by atoms with Crippen molar-refractivity contribution >= 4 is 23.5 Å². The molecule has 1 saturated heterocycles. The molecule has 1 heterocycles. The van der Waals surface area contributed by atoms with Gasteiger partial charge in [0.05, 0.1) is 32.2 Å². The molecule has 1 aromatic carbocycles. The van der Waals surface area contributed by atoms with Crippen LogP contribution in [0.25, 0.3) is 0 Å². The molecule has 1 aliphatic carbocycles. The first kappa shape index (κ1) is 18.2. The number of benzene rings is 1. The molecule has 1 aromatic rings. The fourth-order valence-corrected chi connectivity index (χ4v) is 3.94. The highest BCUT2D eigenvalue weighted by Gasteiger charge is 2.45. The number of likely N-dealkylation sites (tertiary alicyclic amines) is 1. The molecule has 6 heteroatoms. The van der Waals surface area contributed by atoms with Crippen LogP contribution in [0.2, 0.25) is 5.02 Å². The van der Waals surface area contributed by atoms with Crippen molar-refractivity contribution < 1.29 is 19.4 Å². The van der Waals surface area contributed by atoms with Crippen molar-refractivity contribution in [3.8, 4) is 0 Å². The van der Waals surface area contributed by atoms with E-state index < -0.39 is 0 Å². The molecule has 0 aromatic heterocycles. The largest absolute Gasteiger partial charge is 0.469 e. The number of carbonyl (C=O) groups is 2. The molecule has 1 amide bonds. The Kier molecular flexibility index (Phi) is 5.64. The van der Waals surface area contributed by atoms with Gasteiger partial charge in [0.1, 0.15) is 0 Å². The van der Waals surface area contributed by atoms with Gasteiger partial charge in [-0.2, -0.15) is 0 Å². The molecule has 1 saturated carbocycles. The second-order valence-corrected chi connectivity index (χ2v) is 7.39. The van der Waals surface area contributed by atoms with Crippen molar-refractivity contribution in [2.24, 2.45) is 11.8 Å². The Hall–Kier alpha value is -1.59. The van der Waals surface area contributed by atoms with Crippen molar-refractivity contribution in [3.05, 3.63) is 34.9 Å². The molecule has 1 aliphatic heterocycles. The van der Waals surface area contributed by atoms with Crippen LogP contribution in [0, 0.1) is 11.8 Å². The predicted molar refractivity (Wildman–Crippen MR) is 94.0 cm³/mol. The van der Waals surface area contributed by atoms with Gasteiger partial charge in [-0.1, -0.05) is 23.7 Å². The second-order valence-electron chi connectivity index (χ2n) is 6.95. The van der Waals surface area contributed by atoms with Crippen LogP contribution in [-0.2, 0) is 14.3 Å². The van der Waals surface area contributed by atoms with Gasteiger partial charge >= 0.3 is 5.97 Å². The molecular weight excluding hydrogens is 342 g/mol. The molecule has 2 aliphatic rings. The third kappa shape index (κ3) is 3.98. The summed E-state index contributed by atoms with van der Waals surface area (Å²) in [6.07, 6.45) is 3.56. The lowest BCUT2D eigenvalue weighted by atomic mass is 9.85. The van der Waals surface area contributed by atoms with Gasteiger partial charge in [0.15, 0.2) is 0 Å². The summed E-state index contributed by atoms with van der Waals surface area (Å²) in [5.74, 6) is -0.442. The van der Waals surface area contributed by atoms with E-state index in [1.807, 2.05) is 29.2 Å². The second kappa shape index (κ2) is 7.75. The number of nitrogens with zero attached hydrogens (tertiary/aromatic N) is 1. The third-order valence-corrected chi connectivity index (χ3v) is 5.59. The van der Waals surface area contributed by atoms with Gasteiger partial charge in [0.25, 0.3) is 0 Å². The fourth-order valence-electron chi connectivity index (χ4n) is 3.81. The number of hydrogen-bond donors (Lipinski definition) is 1. The Balaban J connectivity index is 1.88. The summed E-state index contributed by atoms with van der Waals surface area (Å²) in [5.41, 5.74) is 1.02. The van der Waals surface area contributed by atoms with E-state index in [1.54, 1.807) is 0 Å². The minimum atomic E-state index is -0.371. The van der Waals surface area contributed by atoms with E-state index >= 15 is 0 Å². The van der Waals surface area contributed by atoms with Crippen LogP contribution >= 0.6 is 11.6 Å². The number of aliphatic hydroxyl groups excluding tert-OH is 1. The van der Waals surface area contributed by atoms with Gasteiger partial charge in [-0.3, -0.25) is 9.59 Å². The Labute approximate surface area is 152 Å². The van der Waals surface area contributed by atoms with Gasteiger partial charge in [-0.15, -0.1) is 0 Å². The van der Waals surface area contributed by atoms with E-state index in [0.29, 0.717) is 17.4 Å². The van der Waals surface area contributed by atoms with E-state index in [9.17, 15) is 14.7 Å². The predicted octanol–water partition coefficient (Wildman–Crippen LogP) is 2.95. The van der Waals surface area contributed by atoms with Crippen LogP contribution < -0.4 is 0 Å². The number of rotatable bonds is 6. The zero-order valence-electron chi connectivity index (χ0n) is 14.4. The summed E-state index contributed by atoms with van der Waals surface area (Å²) in [7, 11) is 1.34. The number of piperidine rings is 1. The van der Waals surface area contributed by atoms with E-state index in [0.717, 1.165) is 24.8 Å². The molecule has 2 unspecified atom stereocenters. The van der Waals surface area contributed by atoms with Gasteiger partial charge < -0.3 is 14.7 Å². The monoisotopic (exact) mass is 365 g/mol. The van der Waals surface area contributed by atoms with Gasteiger partial charge in [-0.05, 0) is 49.3 Å².